The number of rotatable bonds is 3. The molecule has 2 heterocycles. The number of anilines is 1. The topological polar surface area (TPSA) is 75.5 Å². The zero-order valence-corrected chi connectivity index (χ0v) is 10.9. The number of nitrogen functional groups attached to an aromatic ring is 1. The van der Waals surface area contributed by atoms with Crippen molar-refractivity contribution in [3.63, 3.8) is 0 Å². The number of oxazole rings is 1. The van der Waals surface area contributed by atoms with Crippen LogP contribution in [0.5, 0.6) is 0 Å². The fourth-order valence-electron chi connectivity index (χ4n) is 2.70. The molecule has 1 aromatic heterocycles. The summed E-state index contributed by atoms with van der Waals surface area (Å²) in [5.74, 6) is 1.10. The lowest BCUT2D eigenvalue weighted by Gasteiger charge is -2.30. The number of benzene rings is 1. The van der Waals surface area contributed by atoms with E-state index < -0.39 is 0 Å². The number of aromatic nitrogens is 1. The third-order valence-electron chi connectivity index (χ3n) is 3.68. The van der Waals surface area contributed by atoms with Gasteiger partial charge in [-0.25, -0.2) is 4.98 Å². The maximum atomic E-state index is 9.24. The number of nitrogens with two attached hydrogens (primary N) is 1. The Morgan fingerprint density at radius 1 is 1.47 bits per heavy atom. The van der Waals surface area contributed by atoms with Gasteiger partial charge in [-0.05, 0) is 43.5 Å². The summed E-state index contributed by atoms with van der Waals surface area (Å²) in [6.07, 6.45) is 2.23. The lowest BCUT2D eigenvalue weighted by atomic mass is 9.99. The van der Waals surface area contributed by atoms with Crippen molar-refractivity contribution in [1.29, 1.82) is 0 Å². The molecule has 1 atom stereocenters. The van der Waals surface area contributed by atoms with Gasteiger partial charge in [0.1, 0.15) is 5.52 Å². The van der Waals surface area contributed by atoms with Crippen LogP contribution in [0.4, 0.5) is 5.69 Å². The highest BCUT2D eigenvalue weighted by Crippen LogP contribution is 2.21. The number of piperidine rings is 1. The number of fused-ring (bicyclic) bond motifs is 1. The second kappa shape index (κ2) is 5.19. The summed E-state index contributed by atoms with van der Waals surface area (Å²) in [5, 5.41) is 9.24. The Bertz CT molecular complexity index is 567. The Morgan fingerprint density at radius 2 is 2.37 bits per heavy atom. The maximum Gasteiger partial charge on any atom is 0.209 e. The lowest BCUT2D eigenvalue weighted by molar-refractivity contribution is 0.109. The fraction of sp³-hybridized carbons (Fsp3) is 0.500. The molecule has 3 N–H and O–H groups in total. The van der Waals surface area contributed by atoms with Crippen LogP contribution in [0.25, 0.3) is 11.1 Å². The van der Waals surface area contributed by atoms with Crippen LogP contribution in [0, 0.1) is 5.92 Å². The Morgan fingerprint density at radius 3 is 3.21 bits per heavy atom. The van der Waals surface area contributed by atoms with Crippen molar-refractivity contribution < 1.29 is 9.52 Å². The summed E-state index contributed by atoms with van der Waals surface area (Å²) < 4.78 is 5.72. The summed E-state index contributed by atoms with van der Waals surface area (Å²) >= 11 is 0. The van der Waals surface area contributed by atoms with Crippen LogP contribution in [-0.2, 0) is 6.54 Å². The van der Waals surface area contributed by atoms with E-state index in [1.54, 1.807) is 0 Å². The summed E-state index contributed by atoms with van der Waals surface area (Å²) in [6, 6.07) is 5.50. The number of hydrogen-bond donors (Lipinski definition) is 2. The molecule has 0 aliphatic carbocycles. The van der Waals surface area contributed by atoms with Crippen LogP contribution in [-0.4, -0.2) is 34.7 Å². The molecule has 5 nitrogen and oxygen atoms in total. The zero-order chi connectivity index (χ0) is 13.2. The highest BCUT2D eigenvalue weighted by Gasteiger charge is 2.20. The second-order valence-corrected chi connectivity index (χ2v) is 5.26. The van der Waals surface area contributed by atoms with E-state index in [0.717, 1.165) is 42.9 Å². The van der Waals surface area contributed by atoms with Crippen molar-refractivity contribution in [3.05, 3.63) is 24.1 Å². The van der Waals surface area contributed by atoms with Crippen LogP contribution < -0.4 is 5.73 Å². The second-order valence-electron chi connectivity index (χ2n) is 5.26. The van der Waals surface area contributed by atoms with Gasteiger partial charge in [0.15, 0.2) is 5.58 Å². The molecule has 1 unspecified atom stereocenters. The molecule has 0 spiro atoms. The third kappa shape index (κ3) is 2.72. The van der Waals surface area contributed by atoms with E-state index in [2.05, 4.69) is 9.88 Å². The molecule has 19 heavy (non-hydrogen) atoms. The number of aliphatic hydroxyl groups is 1. The van der Waals surface area contributed by atoms with Gasteiger partial charge in [0.05, 0.1) is 6.54 Å². The Labute approximate surface area is 112 Å². The van der Waals surface area contributed by atoms with Crippen molar-refractivity contribution in [1.82, 2.24) is 9.88 Å². The molecule has 2 aromatic rings. The maximum absolute atomic E-state index is 9.24. The Balaban J connectivity index is 1.74. The first-order valence-corrected chi connectivity index (χ1v) is 6.73. The van der Waals surface area contributed by atoms with E-state index >= 15 is 0 Å². The van der Waals surface area contributed by atoms with Crippen LogP contribution in [0.3, 0.4) is 0 Å². The molecule has 0 radical (unpaired) electrons. The summed E-state index contributed by atoms with van der Waals surface area (Å²) in [4.78, 5) is 6.76. The van der Waals surface area contributed by atoms with Gasteiger partial charge in [0, 0.05) is 18.8 Å². The van der Waals surface area contributed by atoms with Gasteiger partial charge in [-0.15, -0.1) is 0 Å². The minimum Gasteiger partial charge on any atom is -0.439 e. The first-order valence-electron chi connectivity index (χ1n) is 6.73. The molecular weight excluding hydrogens is 242 g/mol. The van der Waals surface area contributed by atoms with E-state index in [9.17, 15) is 5.11 Å². The highest BCUT2D eigenvalue weighted by atomic mass is 16.3. The van der Waals surface area contributed by atoms with Gasteiger partial charge < -0.3 is 15.3 Å². The number of hydrogen-bond acceptors (Lipinski definition) is 5. The van der Waals surface area contributed by atoms with Gasteiger partial charge in [-0.1, -0.05) is 0 Å². The minimum atomic E-state index is 0.264. The largest absolute Gasteiger partial charge is 0.439 e. The van der Waals surface area contributed by atoms with Crippen LogP contribution in [0.1, 0.15) is 18.7 Å². The van der Waals surface area contributed by atoms with Crippen molar-refractivity contribution in [2.24, 2.45) is 5.92 Å². The SMILES string of the molecule is Nc1ccc2oc(CN3CCCC(CO)C3)nc2c1. The van der Waals surface area contributed by atoms with Gasteiger partial charge in [0.25, 0.3) is 0 Å². The fourth-order valence-corrected chi connectivity index (χ4v) is 2.70. The van der Waals surface area contributed by atoms with Crippen LogP contribution in [0.15, 0.2) is 22.6 Å². The van der Waals surface area contributed by atoms with Crippen molar-refractivity contribution >= 4 is 16.8 Å². The van der Waals surface area contributed by atoms with Gasteiger partial charge in [-0.2, -0.15) is 0 Å². The third-order valence-corrected chi connectivity index (χ3v) is 3.68. The molecule has 1 fully saturated rings. The smallest absolute Gasteiger partial charge is 0.209 e. The molecule has 102 valence electrons. The van der Waals surface area contributed by atoms with E-state index in [1.165, 1.54) is 0 Å². The van der Waals surface area contributed by atoms with Crippen molar-refractivity contribution in [2.45, 2.75) is 19.4 Å². The highest BCUT2D eigenvalue weighted by molar-refractivity contribution is 5.76. The monoisotopic (exact) mass is 261 g/mol. The molecule has 1 saturated heterocycles. The first-order chi connectivity index (χ1) is 9.24. The average molecular weight is 261 g/mol. The molecule has 3 rings (SSSR count). The number of nitrogens with zero attached hydrogens (tertiary/aromatic N) is 2. The zero-order valence-electron chi connectivity index (χ0n) is 10.9. The lowest BCUT2D eigenvalue weighted by Crippen LogP contribution is -2.36. The quantitative estimate of drug-likeness (QED) is 0.821. The van der Waals surface area contributed by atoms with Gasteiger partial charge in [0.2, 0.25) is 5.89 Å². The summed E-state index contributed by atoms with van der Waals surface area (Å²) in [5.41, 5.74) is 8.02. The van der Waals surface area contributed by atoms with E-state index in [1.807, 2.05) is 18.2 Å². The van der Waals surface area contributed by atoms with Gasteiger partial charge in [-0.3, -0.25) is 4.90 Å². The molecule has 1 aromatic carbocycles. The Kier molecular flexibility index (Phi) is 3.40. The average Bonchev–Trinajstić information content (AvgIpc) is 2.80. The van der Waals surface area contributed by atoms with E-state index in [4.69, 9.17) is 10.2 Å². The van der Waals surface area contributed by atoms with E-state index in [-0.39, 0.29) is 6.61 Å². The number of likely N-dealkylation sites (tertiary alicyclic amines) is 1. The Hall–Kier alpha value is -1.59. The molecule has 0 bridgehead atoms. The minimum absolute atomic E-state index is 0.264. The number of aliphatic hydroxyl groups excluding tert-OH is 1. The van der Waals surface area contributed by atoms with E-state index in [0.29, 0.717) is 18.2 Å². The molecule has 0 saturated carbocycles. The molecular formula is C14H19N3O2. The molecule has 1 aliphatic heterocycles. The van der Waals surface area contributed by atoms with Gasteiger partial charge >= 0.3 is 0 Å². The van der Waals surface area contributed by atoms with Crippen molar-refractivity contribution in [2.75, 3.05) is 25.4 Å². The predicted octanol–water partition coefficient (Wildman–Crippen LogP) is 1.61. The van der Waals surface area contributed by atoms with Crippen LogP contribution >= 0.6 is 0 Å². The molecule has 5 heteroatoms. The van der Waals surface area contributed by atoms with Crippen molar-refractivity contribution in [3.8, 4) is 0 Å². The first kappa shape index (κ1) is 12.4. The van der Waals surface area contributed by atoms with Crippen LogP contribution in [0.2, 0.25) is 0 Å². The molecule has 0 amide bonds. The molecule has 1 aliphatic rings. The normalized spacial score (nSPS) is 21.0. The summed E-state index contributed by atoms with van der Waals surface area (Å²) in [7, 11) is 0. The summed E-state index contributed by atoms with van der Waals surface area (Å²) in [6.45, 7) is 2.92. The predicted molar refractivity (Wildman–Crippen MR) is 73.5 cm³/mol. The standard InChI is InChI=1S/C14H19N3O2/c15-11-3-4-13-12(6-11)16-14(19-13)8-17-5-1-2-10(7-17)9-18/h3-4,6,10,18H,1-2,5,7-9,15H2.